The molecule has 0 radical (unpaired) electrons. The van der Waals surface area contributed by atoms with Crippen molar-refractivity contribution >= 4 is 13.7 Å². The van der Waals surface area contributed by atoms with E-state index in [9.17, 15) is 50.0 Å². The summed E-state index contributed by atoms with van der Waals surface area (Å²) in [5.74, 6) is -0.596. The van der Waals surface area contributed by atoms with Crippen LogP contribution in [0.5, 0.6) is 0 Å². The van der Waals surface area contributed by atoms with E-state index in [0.29, 0.717) is 12.8 Å². The van der Waals surface area contributed by atoms with Gasteiger partial charge in [0.2, 0.25) is 5.91 Å². The molecule has 1 saturated carbocycles. The normalized spacial score (nSPS) is 23.9. The van der Waals surface area contributed by atoms with Gasteiger partial charge in [0.05, 0.1) is 31.3 Å². The summed E-state index contributed by atoms with van der Waals surface area (Å²) in [7, 11) is -5.13. The van der Waals surface area contributed by atoms with Crippen molar-refractivity contribution in [1.82, 2.24) is 5.32 Å². The summed E-state index contributed by atoms with van der Waals surface area (Å²) < 4.78 is 22.8. The lowest BCUT2D eigenvalue weighted by atomic mass is 9.85. The van der Waals surface area contributed by atoms with Crippen LogP contribution in [0.3, 0.4) is 0 Å². The van der Waals surface area contributed by atoms with Crippen molar-refractivity contribution in [3.63, 3.8) is 0 Å². The SMILES string of the molecule is CC/C=C\C/C=C\CCCCCCCCCCCCCCC(O)CC(=O)NC(COP(=O)(O)OC1C(O)C(O)C(O)C(O)C1O)C(O)/C=C/CCCCCCCCCC. The first-order valence-electron chi connectivity index (χ1n) is 23.0. The summed E-state index contributed by atoms with van der Waals surface area (Å²) in [4.78, 5) is 23.4. The van der Waals surface area contributed by atoms with Gasteiger partial charge in [-0.15, -0.1) is 0 Å². The summed E-state index contributed by atoms with van der Waals surface area (Å²) in [6, 6.07) is -1.24. The Morgan fingerprint density at radius 2 is 1.08 bits per heavy atom. The number of rotatable bonds is 37. The predicted octanol–water partition coefficient (Wildman–Crippen LogP) is 7.36. The maximum absolute atomic E-state index is 13.0. The molecule has 59 heavy (non-hydrogen) atoms. The van der Waals surface area contributed by atoms with Gasteiger partial charge in [0.1, 0.15) is 36.6 Å². The van der Waals surface area contributed by atoms with Crippen LogP contribution < -0.4 is 5.32 Å². The van der Waals surface area contributed by atoms with Gasteiger partial charge in [-0.3, -0.25) is 13.8 Å². The summed E-state index contributed by atoms with van der Waals surface area (Å²) in [5, 5.41) is 74.3. The van der Waals surface area contributed by atoms with Gasteiger partial charge >= 0.3 is 7.82 Å². The zero-order valence-corrected chi connectivity index (χ0v) is 37.3. The minimum Gasteiger partial charge on any atom is -0.393 e. The van der Waals surface area contributed by atoms with Crippen molar-refractivity contribution in [3.8, 4) is 0 Å². The second kappa shape index (κ2) is 35.0. The first-order chi connectivity index (χ1) is 28.3. The molecule has 13 nitrogen and oxygen atoms in total. The molecule has 346 valence electrons. The second-order valence-corrected chi connectivity index (χ2v) is 17.8. The molecule has 0 saturated heterocycles. The number of allylic oxidation sites excluding steroid dienone is 5. The van der Waals surface area contributed by atoms with Gasteiger partial charge in [0.25, 0.3) is 0 Å². The van der Waals surface area contributed by atoms with Crippen LogP contribution in [0.1, 0.15) is 181 Å². The molecule has 0 aromatic carbocycles. The van der Waals surface area contributed by atoms with Crippen LogP contribution >= 0.6 is 7.82 Å². The van der Waals surface area contributed by atoms with Gasteiger partial charge in [0, 0.05) is 0 Å². The number of unbranched alkanes of at least 4 members (excludes halogenated alkanes) is 20. The number of hydrogen-bond acceptors (Lipinski definition) is 11. The third-order valence-electron chi connectivity index (χ3n) is 11.0. The maximum atomic E-state index is 13.0. The average molecular weight is 862 g/mol. The van der Waals surface area contributed by atoms with E-state index >= 15 is 0 Å². The van der Waals surface area contributed by atoms with E-state index in [1.54, 1.807) is 6.08 Å². The molecule has 0 bridgehead atoms. The lowest BCUT2D eigenvalue weighted by molar-refractivity contribution is -0.220. The standard InChI is InChI=1S/C45H84NO12P/c1-3-5-7-9-11-13-15-16-17-18-19-20-21-22-23-24-26-28-30-32-36(47)34-39(49)46-37(38(48)33-31-29-27-25-14-12-10-8-6-4-2)35-57-59(55,56)58-45-43(53)41(51)40(50)42(52)44(45)54/h5,7,11,13,31,33,36-38,40-45,47-48,50-54H,3-4,6,8-10,12,14-30,32,34-35H2,1-2H3,(H,46,49)(H,55,56)/b7-5-,13-11-,33-31+. The monoisotopic (exact) mass is 862 g/mol. The van der Waals surface area contributed by atoms with Crippen molar-refractivity contribution in [1.29, 1.82) is 0 Å². The van der Waals surface area contributed by atoms with E-state index in [1.807, 2.05) is 0 Å². The molecule has 0 aromatic rings. The molecule has 0 aromatic heterocycles. The van der Waals surface area contributed by atoms with Crippen LogP contribution in [-0.4, -0.2) is 108 Å². The summed E-state index contributed by atoms with van der Waals surface area (Å²) in [5.41, 5.74) is 0. The van der Waals surface area contributed by atoms with E-state index in [2.05, 4.69) is 43.5 Å². The fourth-order valence-corrected chi connectivity index (χ4v) is 8.19. The van der Waals surface area contributed by atoms with Gasteiger partial charge in [-0.1, -0.05) is 166 Å². The van der Waals surface area contributed by atoms with Crippen molar-refractivity contribution in [2.75, 3.05) is 6.61 Å². The van der Waals surface area contributed by atoms with Gasteiger partial charge in [-0.05, 0) is 44.9 Å². The molecule has 8 atom stereocenters. The highest BCUT2D eigenvalue weighted by Gasteiger charge is 2.51. The number of amides is 1. The molecule has 1 rings (SSSR count). The van der Waals surface area contributed by atoms with Crippen molar-refractivity contribution in [2.24, 2.45) is 0 Å². The first-order valence-corrected chi connectivity index (χ1v) is 24.5. The lowest BCUT2D eigenvalue weighted by Crippen LogP contribution is -2.64. The first kappa shape index (κ1) is 55.5. The average Bonchev–Trinajstić information content (AvgIpc) is 3.21. The number of phosphoric acid groups is 1. The van der Waals surface area contributed by atoms with Crippen LogP contribution in [0.25, 0.3) is 0 Å². The topological polar surface area (TPSA) is 226 Å². The minimum absolute atomic E-state index is 0.246. The summed E-state index contributed by atoms with van der Waals surface area (Å²) >= 11 is 0. The van der Waals surface area contributed by atoms with Crippen LogP contribution in [0.2, 0.25) is 0 Å². The Balaban J connectivity index is 2.47. The Morgan fingerprint density at radius 1 is 0.627 bits per heavy atom. The van der Waals surface area contributed by atoms with Crippen molar-refractivity contribution in [3.05, 3.63) is 36.5 Å². The number of hydrogen-bond donors (Lipinski definition) is 9. The Bertz CT molecular complexity index is 1160. The zero-order chi connectivity index (χ0) is 43.7. The number of nitrogens with one attached hydrogen (secondary N) is 1. The molecule has 1 amide bonds. The smallest absolute Gasteiger partial charge is 0.393 e. The van der Waals surface area contributed by atoms with E-state index < -0.39 is 75.2 Å². The predicted molar refractivity (Wildman–Crippen MR) is 233 cm³/mol. The van der Waals surface area contributed by atoms with E-state index in [4.69, 9.17) is 9.05 Å². The number of aliphatic hydroxyl groups excluding tert-OH is 7. The Kier molecular flexibility index (Phi) is 33.0. The molecule has 0 heterocycles. The van der Waals surface area contributed by atoms with Crippen LogP contribution in [0.4, 0.5) is 0 Å². The molecule has 1 aliphatic rings. The van der Waals surface area contributed by atoms with E-state index in [-0.39, 0.29) is 6.42 Å². The van der Waals surface area contributed by atoms with Crippen molar-refractivity contribution < 1.29 is 59.0 Å². The number of aliphatic hydroxyl groups is 7. The highest BCUT2D eigenvalue weighted by Crippen LogP contribution is 2.47. The summed E-state index contributed by atoms with van der Waals surface area (Å²) in [6.07, 6.45) is 25.4. The Hall–Kier alpha value is -1.48. The maximum Gasteiger partial charge on any atom is 0.472 e. The molecule has 0 aliphatic heterocycles. The van der Waals surface area contributed by atoms with E-state index in [0.717, 1.165) is 57.8 Å². The molecular weight excluding hydrogens is 777 g/mol. The minimum atomic E-state index is -5.13. The van der Waals surface area contributed by atoms with Gasteiger partial charge in [0.15, 0.2) is 0 Å². The van der Waals surface area contributed by atoms with Gasteiger partial charge in [-0.25, -0.2) is 4.57 Å². The van der Waals surface area contributed by atoms with Gasteiger partial charge < -0.3 is 46.0 Å². The summed E-state index contributed by atoms with van der Waals surface area (Å²) in [6.45, 7) is 3.60. The molecule has 8 unspecified atom stereocenters. The molecule has 0 spiro atoms. The highest BCUT2D eigenvalue weighted by molar-refractivity contribution is 7.47. The number of carbonyl (C=O) groups is 1. The third-order valence-corrected chi connectivity index (χ3v) is 12.0. The van der Waals surface area contributed by atoms with Crippen LogP contribution in [-0.2, 0) is 18.4 Å². The van der Waals surface area contributed by atoms with Crippen LogP contribution in [0.15, 0.2) is 36.5 Å². The quantitative estimate of drug-likeness (QED) is 0.0170. The molecule has 14 heteroatoms. The number of phosphoric ester groups is 1. The molecule has 1 aliphatic carbocycles. The van der Waals surface area contributed by atoms with Gasteiger partial charge in [-0.2, -0.15) is 0 Å². The second-order valence-electron chi connectivity index (χ2n) is 16.4. The fraction of sp³-hybridized carbons (Fsp3) is 0.844. The Labute approximate surface area is 356 Å². The molecular formula is C45H84NO12P. The van der Waals surface area contributed by atoms with Crippen LogP contribution in [0, 0.1) is 0 Å². The third kappa shape index (κ3) is 27.2. The zero-order valence-electron chi connectivity index (χ0n) is 36.4. The molecule has 9 N–H and O–H groups in total. The molecule has 1 fully saturated rings. The number of carbonyl (C=O) groups excluding carboxylic acids is 1. The highest BCUT2D eigenvalue weighted by atomic mass is 31.2. The van der Waals surface area contributed by atoms with E-state index in [1.165, 1.54) is 96.0 Å². The Morgan fingerprint density at radius 3 is 1.61 bits per heavy atom. The van der Waals surface area contributed by atoms with Crippen molar-refractivity contribution in [2.45, 2.75) is 236 Å². The lowest BCUT2D eigenvalue weighted by Gasteiger charge is -2.41. The largest absolute Gasteiger partial charge is 0.472 e. The fourth-order valence-electron chi connectivity index (χ4n) is 7.22.